The molecule has 2 aromatic carbocycles. The molecule has 0 saturated heterocycles. The zero-order chi connectivity index (χ0) is 18.4. The molecule has 0 bridgehead atoms. The number of nitrogens with one attached hydrogen (secondary N) is 1. The molecule has 0 saturated carbocycles. The fourth-order valence-corrected chi connectivity index (χ4v) is 3.60. The van der Waals surface area contributed by atoms with E-state index < -0.39 is 0 Å². The van der Waals surface area contributed by atoms with Gasteiger partial charge in [-0.3, -0.25) is 4.79 Å². The number of thioether (sulfide) groups is 1. The fraction of sp³-hybridized carbons (Fsp3) is 0.286. The Kier molecular flexibility index (Phi) is 6.23. The van der Waals surface area contributed by atoms with E-state index in [1.54, 1.807) is 0 Å². The summed E-state index contributed by atoms with van der Waals surface area (Å²) in [4.78, 5) is 21.2. The zero-order valence-corrected chi connectivity index (χ0v) is 16.0. The van der Waals surface area contributed by atoms with Crippen molar-refractivity contribution >= 4 is 34.3 Å². The van der Waals surface area contributed by atoms with E-state index in [-0.39, 0.29) is 5.91 Å². The summed E-state index contributed by atoms with van der Waals surface area (Å²) in [5, 5.41) is 4.78. The van der Waals surface area contributed by atoms with Gasteiger partial charge in [0, 0.05) is 11.1 Å². The molecular weight excluding hydrogens is 342 g/mol. The van der Waals surface area contributed by atoms with Crippen LogP contribution in [0.1, 0.15) is 31.2 Å². The highest BCUT2D eigenvalue weighted by atomic mass is 32.2. The number of nitrogens with zero attached hydrogens (tertiary/aromatic N) is 2. The molecule has 0 atom stereocenters. The van der Waals surface area contributed by atoms with Crippen molar-refractivity contribution in [2.24, 2.45) is 0 Å². The van der Waals surface area contributed by atoms with Gasteiger partial charge in [0.2, 0.25) is 5.91 Å². The van der Waals surface area contributed by atoms with Crippen molar-refractivity contribution in [2.75, 3.05) is 11.1 Å². The maximum absolute atomic E-state index is 12.3. The second-order valence-electron chi connectivity index (χ2n) is 6.23. The predicted octanol–water partition coefficient (Wildman–Crippen LogP) is 5.01. The Morgan fingerprint density at radius 1 is 1.08 bits per heavy atom. The van der Waals surface area contributed by atoms with Crippen molar-refractivity contribution in [3.63, 3.8) is 0 Å². The molecule has 0 radical (unpaired) electrons. The largest absolute Gasteiger partial charge is 0.325 e. The predicted molar refractivity (Wildman–Crippen MR) is 109 cm³/mol. The molecule has 3 aromatic rings. The standard InChI is InChI=1S/C21H23N3OS/c1-3-4-7-16-10-12-17(13-11-16)24-20(25)14-26-21-18-8-5-6-9-19(18)22-15(2)23-21/h5-6,8-13H,3-4,7,14H2,1-2H3,(H,24,25). The minimum atomic E-state index is -0.0309. The number of fused-ring (bicyclic) bond motifs is 1. The van der Waals surface area contributed by atoms with Crippen molar-refractivity contribution in [3.8, 4) is 0 Å². The number of aromatic nitrogens is 2. The number of carbonyl (C=O) groups is 1. The highest BCUT2D eigenvalue weighted by Crippen LogP contribution is 2.25. The number of anilines is 1. The quantitative estimate of drug-likeness (QED) is 0.472. The highest BCUT2D eigenvalue weighted by molar-refractivity contribution is 8.00. The van der Waals surface area contributed by atoms with Crippen molar-refractivity contribution in [1.82, 2.24) is 9.97 Å². The summed E-state index contributed by atoms with van der Waals surface area (Å²) in [5.41, 5.74) is 3.05. The number of aryl methyl sites for hydroxylation is 2. The number of para-hydroxylation sites is 1. The lowest BCUT2D eigenvalue weighted by Gasteiger charge is -2.08. The average molecular weight is 366 g/mol. The van der Waals surface area contributed by atoms with Gasteiger partial charge in [0.05, 0.1) is 11.3 Å². The fourth-order valence-electron chi connectivity index (χ4n) is 2.74. The molecule has 0 aliphatic heterocycles. The Bertz CT molecular complexity index is 893. The van der Waals surface area contributed by atoms with Crippen molar-refractivity contribution < 1.29 is 4.79 Å². The Morgan fingerprint density at radius 2 is 1.85 bits per heavy atom. The number of unbranched alkanes of at least 4 members (excludes halogenated alkanes) is 1. The molecular formula is C21H23N3OS. The van der Waals surface area contributed by atoms with E-state index in [1.165, 1.54) is 30.2 Å². The second kappa shape index (κ2) is 8.81. The zero-order valence-electron chi connectivity index (χ0n) is 15.2. The Balaban J connectivity index is 1.61. The molecule has 26 heavy (non-hydrogen) atoms. The van der Waals surface area contributed by atoms with Gasteiger partial charge in [-0.05, 0) is 43.5 Å². The lowest BCUT2D eigenvalue weighted by atomic mass is 10.1. The lowest BCUT2D eigenvalue weighted by Crippen LogP contribution is -2.14. The first-order valence-corrected chi connectivity index (χ1v) is 9.89. The molecule has 1 aromatic heterocycles. The Labute approximate surface area is 158 Å². The molecule has 1 N–H and O–H groups in total. The molecule has 0 aliphatic rings. The SMILES string of the molecule is CCCCc1ccc(NC(=O)CSc2nc(C)nc3ccccc23)cc1. The van der Waals surface area contributed by atoms with Crippen LogP contribution in [0.25, 0.3) is 10.9 Å². The topological polar surface area (TPSA) is 54.9 Å². The maximum atomic E-state index is 12.3. The first-order chi connectivity index (χ1) is 12.7. The third kappa shape index (κ3) is 4.82. The number of benzene rings is 2. The second-order valence-corrected chi connectivity index (χ2v) is 7.19. The van der Waals surface area contributed by atoms with Gasteiger partial charge in [0.15, 0.2) is 0 Å². The minimum Gasteiger partial charge on any atom is -0.325 e. The van der Waals surface area contributed by atoms with Crippen LogP contribution in [0.15, 0.2) is 53.6 Å². The number of amides is 1. The third-order valence-corrected chi connectivity index (χ3v) is 5.07. The van der Waals surface area contributed by atoms with E-state index in [1.807, 2.05) is 43.3 Å². The van der Waals surface area contributed by atoms with Crippen molar-refractivity contribution in [3.05, 3.63) is 59.9 Å². The smallest absolute Gasteiger partial charge is 0.234 e. The van der Waals surface area contributed by atoms with Gasteiger partial charge in [-0.2, -0.15) is 0 Å². The number of rotatable bonds is 7. The van der Waals surface area contributed by atoms with Crippen LogP contribution in [0, 0.1) is 6.92 Å². The Morgan fingerprint density at radius 3 is 2.62 bits per heavy atom. The van der Waals surface area contributed by atoms with Gasteiger partial charge < -0.3 is 5.32 Å². The molecule has 3 rings (SSSR count). The van der Waals surface area contributed by atoms with Crippen LogP contribution in [-0.4, -0.2) is 21.6 Å². The molecule has 134 valence electrons. The number of hydrogen-bond donors (Lipinski definition) is 1. The normalized spacial score (nSPS) is 10.8. The van der Waals surface area contributed by atoms with Gasteiger partial charge in [-0.15, -0.1) is 0 Å². The monoisotopic (exact) mass is 365 g/mol. The van der Waals surface area contributed by atoms with E-state index in [0.29, 0.717) is 11.6 Å². The number of carbonyl (C=O) groups excluding carboxylic acids is 1. The van der Waals surface area contributed by atoms with Crippen LogP contribution < -0.4 is 5.32 Å². The summed E-state index contributed by atoms with van der Waals surface area (Å²) < 4.78 is 0. The van der Waals surface area contributed by atoms with Crippen molar-refractivity contribution in [1.29, 1.82) is 0 Å². The van der Waals surface area contributed by atoms with Crippen LogP contribution in [0.2, 0.25) is 0 Å². The van der Waals surface area contributed by atoms with Crippen LogP contribution >= 0.6 is 11.8 Å². The van der Waals surface area contributed by atoms with E-state index in [4.69, 9.17) is 0 Å². The van der Waals surface area contributed by atoms with Crippen LogP contribution in [-0.2, 0) is 11.2 Å². The molecule has 0 aliphatic carbocycles. The molecule has 1 heterocycles. The van der Waals surface area contributed by atoms with Crippen LogP contribution in [0.4, 0.5) is 5.69 Å². The average Bonchev–Trinajstić information content (AvgIpc) is 2.65. The summed E-state index contributed by atoms with van der Waals surface area (Å²) in [5.74, 6) is 1.00. The highest BCUT2D eigenvalue weighted by Gasteiger charge is 2.09. The van der Waals surface area contributed by atoms with E-state index >= 15 is 0 Å². The summed E-state index contributed by atoms with van der Waals surface area (Å²) in [7, 11) is 0. The number of hydrogen-bond acceptors (Lipinski definition) is 4. The van der Waals surface area contributed by atoms with E-state index in [9.17, 15) is 4.79 Å². The first-order valence-electron chi connectivity index (χ1n) is 8.90. The first kappa shape index (κ1) is 18.4. The summed E-state index contributed by atoms with van der Waals surface area (Å²) in [6.45, 7) is 4.06. The van der Waals surface area contributed by atoms with Gasteiger partial charge in [0.1, 0.15) is 10.9 Å². The summed E-state index contributed by atoms with van der Waals surface area (Å²) in [6.07, 6.45) is 3.46. The maximum Gasteiger partial charge on any atom is 0.234 e. The molecule has 0 fully saturated rings. The molecule has 0 unspecified atom stereocenters. The van der Waals surface area contributed by atoms with Gasteiger partial charge in [-0.1, -0.05) is 55.4 Å². The molecule has 4 nitrogen and oxygen atoms in total. The molecule has 1 amide bonds. The van der Waals surface area contributed by atoms with Gasteiger partial charge in [0.25, 0.3) is 0 Å². The third-order valence-electron chi connectivity index (χ3n) is 4.08. The molecule has 0 spiro atoms. The molecule has 5 heteroatoms. The summed E-state index contributed by atoms with van der Waals surface area (Å²) >= 11 is 1.44. The van der Waals surface area contributed by atoms with Crippen LogP contribution in [0.3, 0.4) is 0 Å². The van der Waals surface area contributed by atoms with Gasteiger partial charge in [-0.25, -0.2) is 9.97 Å². The Hall–Kier alpha value is -2.40. The van der Waals surface area contributed by atoms with Crippen molar-refractivity contribution in [2.45, 2.75) is 38.1 Å². The van der Waals surface area contributed by atoms with E-state index in [2.05, 4.69) is 34.3 Å². The van der Waals surface area contributed by atoms with Crippen LogP contribution in [0.5, 0.6) is 0 Å². The van der Waals surface area contributed by atoms with E-state index in [0.717, 1.165) is 28.0 Å². The minimum absolute atomic E-state index is 0.0309. The van der Waals surface area contributed by atoms with Gasteiger partial charge >= 0.3 is 0 Å². The lowest BCUT2D eigenvalue weighted by molar-refractivity contribution is -0.113. The summed E-state index contributed by atoms with van der Waals surface area (Å²) in [6, 6.07) is 16.0.